The number of anilines is 1. The number of rotatable bonds is 8. The van der Waals surface area contributed by atoms with Crippen molar-refractivity contribution in [3.05, 3.63) is 78.4 Å². The first-order valence-electron chi connectivity index (χ1n) is 9.56. The molecule has 0 bridgehead atoms. The molecule has 8 heteroatoms. The van der Waals surface area contributed by atoms with Crippen LogP contribution >= 0.6 is 0 Å². The highest BCUT2D eigenvalue weighted by molar-refractivity contribution is 5.89. The number of fused-ring (bicyclic) bond motifs is 1. The van der Waals surface area contributed by atoms with Gasteiger partial charge in [0.25, 0.3) is 0 Å². The van der Waals surface area contributed by atoms with Crippen LogP contribution in [0.5, 0.6) is 5.75 Å². The van der Waals surface area contributed by atoms with Crippen molar-refractivity contribution >= 4 is 23.0 Å². The molecule has 4 rings (SSSR count). The van der Waals surface area contributed by atoms with E-state index < -0.39 is 0 Å². The predicted molar refractivity (Wildman–Crippen MR) is 112 cm³/mol. The number of nitrogens with zero attached hydrogens (tertiary/aromatic N) is 4. The van der Waals surface area contributed by atoms with Crippen molar-refractivity contribution in [3.8, 4) is 5.75 Å². The lowest BCUT2D eigenvalue weighted by Gasteiger charge is -2.08. The largest absolute Gasteiger partial charge is 0.489 e. The van der Waals surface area contributed by atoms with Crippen LogP contribution in [0.3, 0.4) is 0 Å². The number of benzene rings is 2. The minimum Gasteiger partial charge on any atom is -0.489 e. The molecule has 8 nitrogen and oxygen atoms in total. The summed E-state index contributed by atoms with van der Waals surface area (Å²) in [6.45, 7) is 1.36. The number of nitrogens with two attached hydrogens (primary N) is 1. The maximum absolute atomic E-state index is 12.2. The van der Waals surface area contributed by atoms with Gasteiger partial charge in [-0.05, 0) is 36.2 Å². The number of aryl methyl sites for hydroxylation is 1. The van der Waals surface area contributed by atoms with Gasteiger partial charge in [-0.15, -0.1) is 0 Å². The van der Waals surface area contributed by atoms with Crippen LogP contribution in [-0.2, 0) is 17.9 Å². The van der Waals surface area contributed by atoms with Crippen molar-refractivity contribution in [2.75, 3.05) is 12.3 Å². The van der Waals surface area contributed by atoms with Crippen molar-refractivity contribution in [3.63, 3.8) is 0 Å². The Morgan fingerprint density at radius 3 is 2.60 bits per heavy atom. The van der Waals surface area contributed by atoms with Crippen LogP contribution in [0.4, 0.5) is 5.82 Å². The van der Waals surface area contributed by atoms with E-state index in [0.717, 1.165) is 5.56 Å². The molecule has 0 saturated heterocycles. The van der Waals surface area contributed by atoms with Crippen LogP contribution in [0, 0.1) is 0 Å². The van der Waals surface area contributed by atoms with Crippen LogP contribution in [0.25, 0.3) is 11.2 Å². The smallest absolute Gasteiger partial charge is 0.338 e. The van der Waals surface area contributed by atoms with Gasteiger partial charge in [-0.25, -0.2) is 19.7 Å². The van der Waals surface area contributed by atoms with Gasteiger partial charge in [0, 0.05) is 6.54 Å². The zero-order valence-electron chi connectivity index (χ0n) is 16.3. The lowest BCUT2D eigenvalue weighted by atomic mass is 10.2. The van der Waals surface area contributed by atoms with E-state index in [1.165, 1.54) is 6.33 Å². The van der Waals surface area contributed by atoms with E-state index in [-0.39, 0.29) is 12.6 Å². The van der Waals surface area contributed by atoms with Gasteiger partial charge in [-0.1, -0.05) is 30.3 Å². The zero-order chi connectivity index (χ0) is 20.8. The molecular weight excluding hydrogens is 382 g/mol. The lowest BCUT2D eigenvalue weighted by Crippen LogP contribution is -2.09. The van der Waals surface area contributed by atoms with Gasteiger partial charge in [0.1, 0.15) is 24.2 Å². The Morgan fingerprint density at radius 2 is 1.80 bits per heavy atom. The number of imidazole rings is 1. The Hall–Kier alpha value is -3.94. The fraction of sp³-hybridized carbons (Fsp3) is 0.182. The van der Waals surface area contributed by atoms with Crippen LogP contribution in [0.1, 0.15) is 22.3 Å². The average molecular weight is 403 g/mol. The summed E-state index contributed by atoms with van der Waals surface area (Å²) >= 11 is 0. The lowest BCUT2D eigenvalue weighted by molar-refractivity contribution is 0.0496. The summed E-state index contributed by atoms with van der Waals surface area (Å²) < 4.78 is 13.0. The molecule has 2 aromatic heterocycles. The molecule has 0 fully saturated rings. The van der Waals surface area contributed by atoms with E-state index >= 15 is 0 Å². The second-order valence-electron chi connectivity index (χ2n) is 6.66. The molecule has 0 saturated carbocycles. The van der Waals surface area contributed by atoms with Crippen LogP contribution in [0.15, 0.2) is 67.3 Å². The summed E-state index contributed by atoms with van der Waals surface area (Å²) in [6.07, 6.45) is 3.69. The molecular formula is C22H21N5O3. The number of esters is 1. The minimum absolute atomic E-state index is 0.283. The van der Waals surface area contributed by atoms with Gasteiger partial charge >= 0.3 is 5.97 Å². The number of aromatic nitrogens is 4. The average Bonchev–Trinajstić information content (AvgIpc) is 3.20. The first kappa shape index (κ1) is 19.4. The predicted octanol–water partition coefficient (Wildman–Crippen LogP) is 3.23. The van der Waals surface area contributed by atoms with E-state index in [1.54, 1.807) is 30.6 Å². The fourth-order valence-electron chi connectivity index (χ4n) is 2.97. The number of carbonyl (C=O) groups is 1. The summed E-state index contributed by atoms with van der Waals surface area (Å²) in [4.78, 5) is 24.6. The molecule has 2 aromatic carbocycles. The molecule has 2 heterocycles. The maximum atomic E-state index is 12.2. The third-order valence-electron chi connectivity index (χ3n) is 4.54. The van der Waals surface area contributed by atoms with Crippen molar-refractivity contribution in [2.45, 2.75) is 19.6 Å². The normalized spacial score (nSPS) is 10.8. The molecule has 4 aromatic rings. The van der Waals surface area contributed by atoms with Gasteiger partial charge in [0.15, 0.2) is 11.5 Å². The summed E-state index contributed by atoms with van der Waals surface area (Å²) in [5.74, 6) is 0.677. The molecule has 152 valence electrons. The van der Waals surface area contributed by atoms with Gasteiger partial charge in [-0.2, -0.15) is 0 Å². The van der Waals surface area contributed by atoms with Crippen molar-refractivity contribution in [1.82, 2.24) is 19.5 Å². The molecule has 2 N–H and O–H groups in total. The van der Waals surface area contributed by atoms with Gasteiger partial charge in [-0.3, -0.25) is 0 Å². The van der Waals surface area contributed by atoms with E-state index in [1.807, 2.05) is 34.9 Å². The molecule has 0 amide bonds. The van der Waals surface area contributed by atoms with Crippen molar-refractivity contribution < 1.29 is 14.3 Å². The molecule has 0 unspecified atom stereocenters. The van der Waals surface area contributed by atoms with Gasteiger partial charge < -0.3 is 19.8 Å². The number of hydrogen-bond acceptors (Lipinski definition) is 7. The SMILES string of the molecule is Nc1ncnc2c1ncn2CCCOC(=O)c1ccc(OCc2ccccc2)cc1. The third-order valence-corrected chi connectivity index (χ3v) is 4.54. The molecule has 0 aliphatic heterocycles. The van der Waals surface area contributed by atoms with E-state index in [4.69, 9.17) is 15.2 Å². The number of hydrogen-bond donors (Lipinski definition) is 1. The first-order valence-corrected chi connectivity index (χ1v) is 9.56. The Labute approximate surface area is 173 Å². The highest BCUT2D eigenvalue weighted by atomic mass is 16.5. The first-order chi connectivity index (χ1) is 14.7. The topological polar surface area (TPSA) is 105 Å². The van der Waals surface area contributed by atoms with E-state index in [0.29, 0.717) is 47.9 Å². The van der Waals surface area contributed by atoms with E-state index in [2.05, 4.69) is 15.0 Å². The number of ether oxygens (including phenoxy) is 2. The van der Waals surface area contributed by atoms with Crippen molar-refractivity contribution in [2.24, 2.45) is 0 Å². The molecule has 0 aliphatic rings. The third kappa shape index (κ3) is 4.54. The zero-order valence-corrected chi connectivity index (χ0v) is 16.3. The monoisotopic (exact) mass is 403 g/mol. The summed E-state index contributed by atoms with van der Waals surface area (Å²) in [5, 5.41) is 0. The Balaban J connectivity index is 1.24. The summed E-state index contributed by atoms with van der Waals surface area (Å²) in [5.41, 5.74) is 8.59. The molecule has 0 radical (unpaired) electrons. The van der Waals surface area contributed by atoms with Gasteiger partial charge in [0.05, 0.1) is 18.5 Å². The summed E-state index contributed by atoms with van der Waals surface area (Å²) in [7, 11) is 0. The summed E-state index contributed by atoms with van der Waals surface area (Å²) in [6, 6.07) is 16.8. The second kappa shape index (κ2) is 9.04. The highest BCUT2D eigenvalue weighted by Gasteiger charge is 2.09. The minimum atomic E-state index is -0.369. The second-order valence-corrected chi connectivity index (χ2v) is 6.66. The quantitative estimate of drug-likeness (QED) is 0.356. The fourth-order valence-corrected chi connectivity index (χ4v) is 2.97. The highest BCUT2D eigenvalue weighted by Crippen LogP contribution is 2.16. The standard InChI is InChI=1S/C22H21N5O3/c23-20-19-21(25-14-24-20)27(15-26-19)11-4-12-29-22(28)17-7-9-18(10-8-17)30-13-16-5-2-1-3-6-16/h1-3,5-10,14-15H,4,11-13H2,(H2,23,24,25). The van der Waals surface area contributed by atoms with Gasteiger partial charge in [0.2, 0.25) is 0 Å². The van der Waals surface area contributed by atoms with Crippen LogP contribution in [0.2, 0.25) is 0 Å². The maximum Gasteiger partial charge on any atom is 0.338 e. The Kier molecular flexibility index (Phi) is 5.84. The molecule has 30 heavy (non-hydrogen) atoms. The van der Waals surface area contributed by atoms with E-state index in [9.17, 15) is 4.79 Å². The molecule has 0 spiro atoms. The van der Waals surface area contributed by atoms with Crippen LogP contribution < -0.4 is 10.5 Å². The number of nitrogen functional groups attached to an aromatic ring is 1. The van der Waals surface area contributed by atoms with Crippen LogP contribution in [-0.4, -0.2) is 32.1 Å². The van der Waals surface area contributed by atoms with Crippen molar-refractivity contribution in [1.29, 1.82) is 0 Å². The molecule has 0 aliphatic carbocycles. The number of carbonyl (C=O) groups excluding carboxylic acids is 1. The Morgan fingerprint density at radius 1 is 1.00 bits per heavy atom. The molecule has 0 atom stereocenters. The Bertz CT molecular complexity index is 1130.